The molecular weight excluding hydrogens is 532 g/mol. The number of anilines is 1. The Morgan fingerprint density at radius 1 is 0.902 bits per heavy atom. The number of carbonyl (C=O) groups is 2. The lowest BCUT2D eigenvalue weighted by molar-refractivity contribution is -0.140. The van der Waals surface area contributed by atoms with Crippen LogP contribution in [0.2, 0.25) is 0 Å². The number of hydrogen-bond acceptors (Lipinski definition) is 6. The molecule has 41 heavy (non-hydrogen) atoms. The molecule has 1 atom stereocenters. The third-order valence-electron chi connectivity index (χ3n) is 6.66. The van der Waals surface area contributed by atoms with Gasteiger partial charge in [0, 0.05) is 18.3 Å². The van der Waals surface area contributed by atoms with E-state index in [1.165, 1.54) is 52.0 Å². The van der Waals surface area contributed by atoms with Crippen molar-refractivity contribution in [3.8, 4) is 11.5 Å². The molecule has 0 saturated heterocycles. The van der Waals surface area contributed by atoms with Crippen LogP contribution < -0.4 is 14.8 Å². The molecule has 6 rings (SSSR count). The maximum Gasteiger partial charge on any atom is 0.251 e. The second-order valence-electron chi connectivity index (χ2n) is 9.40. The van der Waals surface area contributed by atoms with Crippen molar-refractivity contribution in [3.63, 3.8) is 0 Å². The number of rotatable bonds is 8. The quantitative estimate of drug-likeness (QED) is 0.294. The summed E-state index contributed by atoms with van der Waals surface area (Å²) in [5, 5.41) is 11.0. The highest BCUT2D eigenvalue weighted by Gasteiger charge is 2.33. The van der Waals surface area contributed by atoms with Crippen molar-refractivity contribution in [1.29, 1.82) is 0 Å². The van der Waals surface area contributed by atoms with Crippen LogP contribution in [0, 0.1) is 11.6 Å². The van der Waals surface area contributed by atoms with Crippen LogP contribution in [-0.4, -0.2) is 38.5 Å². The van der Waals surface area contributed by atoms with E-state index in [1.54, 1.807) is 42.5 Å². The van der Waals surface area contributed by atoms with Crippen molar-refractivity contribution in [1.82, 2.24) is 19.9 Å². The lowest BCUT2D eigenvalue weighted by Gasteiger charge is -2.31. The van der Waals surface area contributed by atoms with E-state index in [0.717, 1.165) is 0 Å². The van der Waals surface area contributed by atoms with E-state index < -0.39 is 29.5 Å². The van der Waals surface area contributed by atoms with Gasteiger partial charge in [0.2, 0.25) is 12.7 Å². The van der Waals surface area contributed by atoms with Gasteiger partial charge in [-0.25, -0.2) is 13.5 Å². The molecule has 2 amide bonds. The summed E-state index contributed by atoms with van der Waals surface area (Å²) < 4.78 is 40.3. The molecular formula is C30H23F2N5O4. The van der Waals surface area contributed by atoms with Gasteiger partial charge in [-0.05, 0) is 59.7 Å². The Morgan fingerprint density at radius 3 is 2.54 bits per heavy atom. The molecule has 1 N–H and O–H groups in total. The zero-order chi connectivity index (χ0) is 28.3. The van der Waals surface area contributed by atoms with Gasteiger partial charge >= 0.3 is 0 Å². The SMILES string of the molecule is O=C(Nc1ccc2c(c1)OCO2)[C@@H](c1cccc(F)c1)N(Cc1ccc(F)cc1)C(=O)Cn1nnc2ccccc21. The van der Waals surface area contributed by atoms with Crippen LogP contribution in [-0.2, 0) is 22.7 Å². The summed E-state index contributed by atoms with van der Waals surface area (Å²) in [5.74, 6) is -1.09. The minimum absolute atomic E-state index is 0.0650. The zero-order valence-electron chi connectivity index (χ0n) is 21.5. The van der Waals surface area contributed by atoms with Gasteiger partial charge in [0.25, 0.3) is 5.91 Å². The number of carbonyl (C=O) groups excluding carboxylic acids is 2. The van der Waals surface area contributed by atoms with Crippen molar-refractivity contribution >= 4 is 28.5 Å². The fourth-order valence-corrected chi connectivity index (χ4v) is 4.70. The van der Waals surface area contributed by atoms with E-state index in [2.05, 4.69) is 15.6 Å². The van der Waals surface area contributed by atoms with E-state index in [9.17, 15) is 18.4 Å². The predicted molar refractivity (Wildman–Crippen MR) is 145 cm³/mol. The van der Waals surface area contributed by atoms with Gasteiger partial charge in [-0.2, -0.15) is 0 Å². The molecule has 0 aliphatic carbocycles. The van der Waals surface area contributed by atoms with E-state index >= 15 is 0 Å². The van der Waals surface area contributed by atoms with Crippen LogP contribution in [0.4, 0.5) is 14.5 Å². The Hall–Kier alpha value is -5.32. The maximum atomic E-state index is 14.5. The standard InChI is InChI=1S/C30H23F2N5O4/c31-21-10-8-19(9-11-21)16-36(28(38)17-37-25-7-2-1-6-24(25)34-35-37)29(20-4-3-5-22(32)14-20)30(39)33-23-12-13-26-27(15-23)41-18-40-26/h1-15,29H,16-18H2,(H,33,39)/t29-/m1/s1. The minimum atomic E-state index is -1.26. The van der Waals surface area contributed by atoms with Gasteiger partial charge in [-0.3, -0.25) is 9.59 Å². The first-order chi connectivity index (χ1) is 19.9. The molecule has 2 heterocycles. The molecule has 0 unspecified atom stereocenters. The number of amides is 2. The molecule has 1 aliphatic rings. The molecule has 1 aliphatic heterocycles. The number of halogens is 2. The first-order valence-electron chi connectivity index (χ1n) is 12.7. The Labute approximate surface area is 232 Å². The average Bonchev–Trinajstić information content (AvgIpc) is 3.61. The highest BCUT2D eigenvalue weighted by molar-refractivity contribution is 5.98. The normalized spacial score (nSPS) is 12.7. The molecule has 11 heteroatoms. The predicted octanol–water partition coefficient (Wildman–Crippen LogP) is 4.85. The Kier molecular flexibility index (Phi) is 6.99. The number of aromatic nitrogens is 3. The van der Waals surface area contributed by atoms with Gasteiger partial charge < -0.3 is 19.7 Å². The third-order valence-corrected chi connectivity index (χ3v) is 6.66. The highest BCUT2D eigenvalue weighted by atomic mass is 19.1. The molecule has 0 saturated carbocycles. The maximum absolute atomic E-state index is 14.5. The molecule has 0 radical (unpaired) electrons. The molecule has 0 spiro atoms. The largest absolute Gasteiger partial charge is 0.454 e. The molecule has 4 aromatic carbocycles. The number of nitrogens with one attached hydrogen (secondary N) is 1. The molecule has 5 aromatic rings. The summed E-state index contributed by atoms with van der Waals surface area (Å²) >= 11 is 0. The molecule has 1 aromatic heterocycles. The van der Waals surface area contributed by atoms with Crippen molar-refractivity contribution in [2.75, 3.05) is 12.1 Å². The van der Waals surface area contributed by atoms with Crippen LogP contribution in [0.3, 0.4) is 0 Å². The summed E-state index contributed by atoms with van der Waals surface area (Å²) in [6.07, 6.45) is 0. The van der Waals surface area contributed by atoms with Crippen molar-refractivity contribution < 1.29 is 27.8 Å². The summed E-state index contributed by atoms with van der Waals surface area (Å²) in [6.45, 7) is -0.248. The third kappa shape index (κ3) is 5.55. The summed E-state index contributed by atoms with van der Waals surface area (Å²) in [7, 11) is 0. The fourth-order valence-electron chi connectivity index (χ4n) is 4.70. The topological polar surface area (TPSA) is 98.6 Å². The monoisotopic (exact) mass is 555 g/mol. The Bertz CT molecular complexity index is 1740. The van der Waals surface area contributed by atoms with Crippen LogP contribution in [0.5, 0.6) is 11.5 Å². The van der Waals surface area contributed by atoms with E-state index in [4.69, 9.17) is 9.47 Å². The van der Waals surface area contributed by atoms with Gasteiger partial charge in [0.15, 0.2) is 11.5 Å². The van der Waals surface area contributed by atoms with Crippen molar-refractivity contribution in [3.05, 3.63) is 114 Å². The molecule has 206 valence electrons. The summed E-state index contributed by atoms with van der Waals surface area (Å²) in [6, 6.07) is 21.9. The van der Waals surface area contributed by atoms with Crippen LogP contribution in [0.1, 0.15) is 17.2 Å². The summed E-state index contributed by atoms with van der Waals surface area (Å²) in [5.41, 5.74) is 2.46. The van der Waals surface area contributed by atoms with Crippen LogP contribution >= 0.6 is 0 Å². The molecule has 0 fully saturated rings. The van der Waals surface area contributed by atoms with Crippen LogP contribution in [0.25, 0.3) is 11.0 Å². The zero-order valence-corrected chi connectivity index (χ0v) is 21.5. The Morgan fingerprint density at radius 2 is 1.71 bits per heavy atom. The first-order valence-corrected chi connectivity index (χ1v) is 12.7. The van der Waals surface area contributed by atoms with Crippen molar-refractivity contribution in [2.45, 2.75) is 19.1 Å². The number of benzene rings is 4. The lowest BCUT2D eigenvalue weighted by atomic mass is 10.0. The van der Waals surface area contributed by atoms with Crippen LogP contribution in [0.15, 0.2) is 91.0 Å². The van der Waals surface area contributed by atoms with E-state index in [0.29, 0.717) is 33.8 Å². The van der Waals surface area contributed by atoms with E-state index in [-0.39, 0.29) is 25.4 Å². The lowest BCUT2D eigenvalue weighted by Crippen LogP contribution is -2.42. The average molecular weight is 556 g/mol. The van der Waals surface area contributed by atoms with Gasteiger partial charge in [0.05, 0.1) is 5.52 Å². The summed E-state index contributed by atoms with van der Waals surface area (Å²) in [4.78, 5) is 29.2. The van der Waals surface area contributed by atoms with Gasteiger partial charge in [-0.1, -0.05) is 41.6 Å². The second kappa shape index (κ2) is 11.0. The highest BCUT2D eigenvalue weighted by Crippen LogP contribution is 2.35. The fraction of sp³-hybridized carbons (Fsp3) is 0.133. The van der Waals surface area contributed by atoms with Crippen molar-refractivity contribution in [2.24, 2.45) is 0 Å². The number of hydrogen-bond donors (Lipinski definition) is 1. The first kappa shape index (κ1) is 25.9. The smallest absolute Gasteiger partial charge is 0.251 e. The number of nitrogens with zero attached hydrogens (tertiary/aromatic N) is 4. The molecule has 9 nitrogen and oxygen atoms in total. The molecule has 0 bridgehead atoms. The minimum Gasteiger partial charge on any atom is -0.454 e. The van der Waals surface area contributed by atoms with E-state index in [1.807, 2.05) is 6.07 Å². The number of ether oxygens (including phenoxy) is 2. The number of fused-ring (bicyclic) bond motifs is 2. The van der Waals surface area contributed by atoms with Gasteiger partial charge in [0.1, 0.15) is 29.7 Å². The number of para-hydroxylation sites is 1. The second-order valence-corrected chi connectivity index (χ2v) is 9.40. The van der Waals surface area contributed by atoms with Gasteiger partial charge in [-0.15, -0.1) is 5.10 Å². The Balaban J connectivity index is 1.39.